The Morgan fingerprint density at radius 1 is 1.20 bits per heavy atom. The molecule has 1 N–H and O–H groups in total. The predicted octanol–water partition coefficient (Wildman–Crippen LogP) is 4.06. The van der Waals surface area contributed by atoms with E-state index in [9.17, 15) is 5.11 Å². The summed E-state index contributed by atoms with van der Waals surface area (Å²) in [6, 6.07) is 0. The second-order valence-electron chi connectivity index (χ2n) is 6.01. The minimum Gasteiger partial charge on any atom is -0.389 e. The Labute approximate surface area is 94.6 Å². The fourth-order valence-corrected chi connectivity index (χ4v) is 2.23. The first-order valence-corrected chi connectivity index (χ1v) is 6.36. The van der Waals surface area contributed by atoms with Crippen molar-refractivity contribution in [2.75, 3.05) is 0 Å². The van der Waals surface area contributed by atoms with E-state index in [-0.39, 0.29) is 11.5 Å². The average molecular weight is 210 g/mol. The van der Waals surface area contributed by atoms with Crippen molar-refractivity contribution < 1.29 is 5.11 Å². The maximum absolute atomic E-state index is 10.2. The molecule has 1 aliphatic rings. The smallest absolute Gasteiger partial charge is 0.0755 e. The van der Waals surface area contributed by atoms with Crippen molar-refractivity contribution in [2.24, 2.45) is 5.41 Å². The molecule has 1 unspecified atom stereocenters. The normalized spacial score (nSPS) is 21.5. The lowest BCUT2D eigenvalue weighted by Crippen LogP contribution is -2.20. The number of hydrogen-bond acceptors (Lipinski definition) is 1. The zero-order valence-electron chi connectivity index (χ0n) is 10.6. The Kier molecular flexibility index (Phi) is 4.85. The van der Waals surface area contributed by atoms with Gasteiger partial charge in [0.15, 0.2) is 0 Å². The fraction of sp³-hybridized carbons (Fsp3) is 0.857. The summed E-state index contributed by atoms with van der Waals surface area (Å²) in [6.07, 6.45) is 10.5. The highest BCUT2D eigenvalue weighted by Gasteiger charge is 2.19. The van der Waals surface area contributed by atoms with E-state index in [0.29, 0.717) is 0 Å². The molecule has 0 fully saturated rings. The number of hydrogen-bond donors (Lipinski definition) is 1. The summed E-state index contributed by atoms with van der Waals surface area (Å²) in [4.78, 5) is 0. The third kappa shape index (κ3) is 5.36. The molecule has 0 bridgehead atoms. The Morgan fingerprint density at radius 2 is 1.87 bits per heavy atom. The maximum atomic E-state index is 10.2. The summed E-state index contributed by atoms with van der Waals surface area (Å²) < 4.78 is 0. The van der Waals surface area contributed by atoms with E-state index < -0.39 is 0 Å². The third-order valence-electron chi connectivity index (χ3n) is 3.06. The first kappa shape index (κ1) is 12.8. The van der Waals surface area contributed by atoms with Crippen LogP contribution in [0.4, 0.5) is 0 Å². The van der Waals surface area contributed by atoms with Crippen LogP contribution in [0.5, 0.6) is 0 Å². The van der Waals surface area contributed by atoms with Crippen LogP contribution in [0.2, 0.25) is 0 Å². The lowest BCUT2D eigenvalue weighted by Gasteiger charge is -2.25. The molecule has 1 rings (SSSR count). The van der Waals surface area contributed by atoms with Gasteiger partial charge in [0.05, 0.1) is 6.10 Å². The number of aliphatic hydroxyl groups is 1. The van der Waals surface area contributed by atoms with E-state index in [2.05, 4.69) is 26.8 Å². The SMILES string of the molecule is CC(C)(C)CC(O)C1=CCCCCCC1. The standard InChI is InChI=1S/C14H26O/c1-14(2,3)11-13(15)12-9-7-5-4-6-8-10-12/h9,13,15H,4-8,10-11H2,1-3H3. The zero-order chi connectivity index (χ0) is 11.3. The third-order valence-corrected chi connectivity index (χ3v) is 3.06. The average Bonchev–Trinajstić information content (AvgIpc) is 1.98. The molecule has 0 aliphatic heterocycles. The zero-order valence-corrected chi connectivity index (χ0v) is 10.6. The van der Waals surface area contributed by atoms with Gasteiger partial charge < -0.3 is 5.11 Å². The molecule has 0 aromatic carbocycles. The van der Waals surface area contributed by atoms with E-state index >= 15 is 0 Å². The van der Waals surface area contributed by atoms with Crippen LogP contribution in [0.1, 0.15) is 65.7 Å². The summed E-state index contributed by atoms with van der Waals surface area (Å²) in [5.74, 6) is 0. The van der Waals surface area contributed by atoms with Gasteiger partial charge in [-0.2, -0.15) is 0 Å². The van der Waals surface area contributed by atoms with E-state index in [1.807, 2.05) is 0 Å². The quantitative estimate of drug-likeness (QED) is 0.681. The van der Waals surface area contributed by atoms with Crippen LogP contribution in [0.3, 0.4) is 0 Å². The summed E-state index contributed by atoms with van der Waals surface area (Å²) >= 11 is 0. The molecule has 0 saturated carbocycles. The van der Waals surface area contributed by atoms with Gasteiger partial charge >= 0.3 is 0 Å². The van der Waals surface area contributed by atoms with Crippen molar-refractivity contribution in [3.8, 4) is 0 Å². The van der Waals surface area contributed by atoms with E-state index in [4.69, 9.17) is 0 Å². The molecule has 15 heavy (non-hydrogen) atoms. The number of rotatable bonds is 2. The minimum atomic E-state index is -0.205. The fourth-order valence-electron chi connectivity index (χ4n) is 2.23. The number of aliphatic hydroxyl groups excluding tert-OH is 1. The monoisotopic (exact) mass is 210 g/mol. The van der Waals surface area contributed by atoms with Crippen molar-refractivity contribution in [3.63, 3.8) is 0 Å². The van der Waals surface area contributed by atoms with Gasteiger partial charge in [0.2, 0.25) is 0 Å². The molecular formula is C14H26O. The maximum Gasteiger partial charge on any atom is 0.0755 e. The first-order chi connectivity index (χ1) is 6.99. The molecule has 0 heterocycles. The topological polar surface area (TPSA) is 20.2 Å². The van der Waals surface area contributed by atoms with Crippen LogP contribution in [0.15, 0.2) is 11.6 Å². The second kappa shape index (κ2) is 5.69. The molecule has 0 amide bonds. The van der Waals surface area contributed by atoms with Gasteiger partial charge in [0.25, 0.3) is 0 Å². The highest BCUT2D eigenvalue weighted by Crippen LogP contribution is 2.27. The van der Waals surface area contributed by atoms with Gasteiger partial charge in [-0.25, -0.2) is 0 Å². The second-order valence-corrected chi connectivity index (χ2v) is 6.01. The van der Waals surface area contributed by atoms with Crippen LogP contribution in [-0.2, 0) is 0 Å². The van der Waals surface area contributed by atoms with E-state index in [1.54, 1.807) is 0 Å². The molecule has 0 spiro atoms. The highest BCUT2D eigenvalue weighted by molar-refractivity contribution is 5.09. The lowest BCUT2D eigenvalue weighted by molar-refractivity contribution is 0.147. The first-order valence-electron chi connectivity index (χ1n) is 6.36. The molecule has 1 heteroatoms. The predicted molar refractivity (Wildman–Crippen MR) is 65.9 cm³/mol. The highest BCUT2D eigenvalue weighted by atomic mass is 16.3. The molecule has 0 aromatic heterocycles. The molecule has 0 aromatic rings. The van der Waals surface area contributed by atoms with Crippen molar-refractivity contribution in [1.82, 2.24) is 0 Å². The number of allylic oxidation sites excluding steroid dienone is 1. The van der Waals surface area contributed by atoms with Crippen molar-refractivity contribution in [1.29, 1.82) is 0 Å². The Hall–Kier alpha value is -0.300. The summed E-state index contributed by atoms with van der Waals surface area (Å²) in [6.45, 7) is 6.58. The van der Waals surface area contributed by atoms with Gasteiger partial charge in [0.1, 0.15) is 0 Å². The van der Waals surface area contributed by atoms with Crippen LogP contribution < -0.4 is 0 Å². The summed E-state index contributed by atoms with van der Waals surface area (Å²) in [5.41, 5.74) is 1.52. The Balaban J connectivity index is 2.52. The van der Waals surface area contributed by atoms with Crippen LogP contribution in [0, 0.1) is 5.41 Å². The lowest BCUT2D eigenvalue weighted by atomic mass is 9.84. The van der Waals surface area contributed by atoms with E-state index in [0.717, 1.165) is 19.3 Å². The molecule has 1 nitrogen and oxygen atoms in total. The molecular weight excluding hydrogens is 184 g/mol. The Bertz CT molecular complexity index is 210. The summed E-state index contributed by atoms with van der Waals surface area (Å²) in [7, 11) is 0. The largest absolute Gasteiger partial charge is 0.389 e. The summed E-state index contributed by atoms with van der Waals surface area (Å²) in [5, 5.41) is 10.2. The molecule has 0 saturated heterocycles. The van der Waals surface area contributed by atoms with Crippen LogP contribution >= 0.6 is 0 Å². The van der Waals surface area contributed by atoms with Crippen molar-refractivity contribution >= 4 is 0 Å². The minimum absolute atomic E-state index is 0.205. The van der Waals surface area contributed by atoms with E-state index in [1.165, 1.54) is 31.3 Å². The van der Waals surface area contributed by atoms with Gasteiger partial charge in [-0.1, -0.05) is 39.7 Å². The van der Waals surface area contributed by atoms with Gasteiger partial charge in [0, 0.05) is 0 Å². The van der Waals surface area contributed by atoms with Crippen molar-refractivity contribution in [3.05, 3.63) is 11.6 Å². The Morgan fingerprint density at radius 3 is 2.53 bits per heavy atom. The molecule has 1 atom stereocenters. The van der Waals surface area contributed by atoms with Crippen LogP contribution in [-0.4, -0.2) is 11.2 Å². The molecule has 0 radical (unpaired) electrons. The van der Waals surface area contributed by atoms with Gasteiger partial charge in [-0.3, -0.25) is 0 Å². The molecule has 88 valence electrons. The van der Waals surface area contributed by atoms with Crippen LogP contribution in [0.25, 0.3) is 0 Å². The van der Waals surface area contributed by atoms with Crippen molar-refractivity contribution in [2.45, 2.75) is 71.8 Å². The van der Waals surface area contributed by atoms with Gasteiger partial charge in [-0.15, -0.1) is 0 Å². The van der Waals surface area contributed by atoms with Gasteiger partial charge in [-0.05, 0) is 43.1 Å². The molecule has 1 aliphatic carbocycles.